The minimum absolute atomic E-state index is 0.651. The molecular weight excluding hydrogens is 244 g/mol. The monoisotopic (exact) mass is 272 g/mol. The summed E-state index contributed by atoms with van der Waals surface area (Å²) in [4.78, 5) is 2.74. The summed E-state index contributed by atoms with van der Waals surface area (Å²) in [5.41, 5.74) is 4.40. The Morgan fingerprint density at radius 2 is 1.60 bits per heavy atom. The van der Waals surface area contributed by atoms with E-state index in [-0.39, 0.29) is 0 Å². The maximum absolute atomic E-state index is 3.49. The first kappa shape index (κ1) is 14.1. The Morgan fingerprint density at radius 3 is 2.20 bits per heavy atom. The Morgan fingerprint density at radius 1 is 1.00 bits per heavy atom. The van der Waals surface area contributed by atoms with E-state index < -0.39 is 0 Å². The van der Waals surface area contributed by atoms with E-state index >= 15 is 0 Å². The van der Waals surface area contributed by atoms with Crippen molar-refractivity contribution in [1.82, 2.24) is 10.2 Å². The predicted octanol–water partition coefficient (Wildman–Crippen LogP) is 3.44. The third-order valence-corrected chi connectivity index (χ3v) is 4.98. The van der Waals surface area contributed by atoms with Crippen LogP contribution >= 0.6 is 0 Å². The van der Waals surface area contributed by atoms with Crippen molar-refractivity contribution in [3.05, 3.63) is 34.9 Å². The van der Waals surface area contributed by atoms with Gasteiger partial charge in [0.2, 0.25) is 0 Å². The Kier molecular flexibility index (Phi) is 4.42. The van der Waals surface area contributed by atoms with Crippen LogP contribution in [0.25, 0.3) is 0 Å². The summed E-state index contributed by atoms with van der Waals surface area (Å²) in [5.74, 6) is 0.870. The van der Waals surface area contributed by atoms with Gasteiger partial charge in [0.1, 0.15) is 0 Å². The molecular formula is C18H28N2. The van der Waals surface area contributed by atoms with Crippen LogP contribution in [0.3, 0.4) is 0 Å². The summed E-state index contributed by atoms with van der Waals surface area (Å²) < 4.78 is 0. The van der Waals surface area contributed by atoms with Gasteiger partial charge in [0.15, 0.2) is 0 Å². The molecule has 2 heteroatoms. The van der Waals surface area contributed by atoms with Crippen molar-refractivity contribution in [3.63, 3.8) is 0 Å². The summed E-state index contributed by atoms with van der Waals surface area (Å²) >= 11 is 0. The van der Waals surface area contributed by atoms with Gasteiger partial charge in [-0.3, -0.25) is 4.90 Å². The van der Waals surface area contributed by atoms with Crippen molar-refractivity contribution >= 4 is 0 Å². The van der Waals surface area contributed by atoms with Gasteiger partial charge in [0.25, 0.3) is 0 Å². The first-order valence-corrected chi connectivity index (χ1v) is 8.27. The van der Waals surface area contributed by atoms with Crippen LogP contribution in [0, 0.1) is 19.8 Å². The van der Waals surface area contributed by atoms with E-state index in [4.69, 9.17) is 0 Å². The minimum atomic E-state index is 0.651. The molecule has 1 atom stereocenters. The van der Waals surface area contributed by atoms with Crippen molar-refractivity contribution in [2.24, 2.45) is 5.92 Å². The minimum Gasteiger partial charge on any atom is -0.314 e. The van der Waals surface area contributed by atoms with Crippen LogP contribution in [0.1, 0.15) is 48.4 Å². The van der Waals surface area contributed by atoms with E-state index in [0.717, 1.165) is 19.0 Å². The lowest BCUT2D eigenvalue weighted by molar-refractivity contribution is 0.125. The van der Waals surface area contributed by atoms with E-state index in [1.807, 2.05) is 0 Å². The highest BCUT2D eigenvalue weighted by Gasteiger charge is 2.31. The van der Waals surface area contributed by atoms with Crippen LogP contribution < -0.4 is 5.32 Å². The molecule has 1 saturated heterocycles. The van der Waals surface area contributed by atoms with Crippen LogP contribution in [0.4, 0.5) is 0 Å². The zero-order valence-electron chi connectivity index (χ0n) is 13.0. The predicted molar refractivity (Wildman–Crippen MR) is 85.1 cm³/mol. The molecule has 0 aromatic heterocycles. The summed E-state index contributed by atoms with van der Waals surface area (Å²) in [6.45, 7) is 9.17. The second-order valence-corrected chi connectivity index (χ2v) is 6.70. The number of hydrogen-bond donors (Lipinski definition) is 1. The number of nitrogens with one attached hydrogen (secondary N) is 1. The topological polar surface area (TPSA) is 15.3 Å². The van der Waals surface area contributed by atoms with Crippen molar-refractivity contribution in [1.29, 1.82) is 0 Å². The second kappa shape index (κ2) is 6.28. The van der Waals surface area contributed by atoms with E-state index in [1.165, 1.54) is 49.9 Å². The first-order valence-electron chi connectivity index (χ1n) is 8.27. The summed E-state index contributed by atoms with van der Waals surface area (Å²) in [6, 6.07) is 7.81. The van der Waals surface area contributed by atoms with E-state index in [9.17, 15) is 0 Å². The molecule has 1 N–H and O–H groups in total. The SMILES string of the molecule is Cc1cc(C)cc([C@H](C2CCCC2)N2CCNCC2)c1. The highest BCUT2D eigenvalue weighted by atomic mass is 15.2. The molecule has 2 nitrogen and oxygen atoms in total. The van der Waals surface area contributed by atoms with Crippen molar-refractivity contribution in [3.8, 4) is 0 Å². The Bertz CT molecular complexity index is 422. The van der Waals surface area contributed by atoms with Crippen molar-refractivity contribution in [2.45, 2.75) is 45.6 Å². The van der Waals surface area contributed by atoms with E-state index in [0.29, 0.717) is 6.04 Å². The van der Waals surface area contributed by atoms with Gasteiger partial charge in [0.05, 0.1) is 0 Å². The van der Waals surface area contributed by atoms with Gasteiger partial charge in [-0.15, -0.1) is 0 Å². The number of rotatable bonds is 3. The van der Waals surface area contributed by atoms with Crippen LogP contribution in [0.15, 0.2) is 18.2 Å². The average molecular weight is 272 g/mol. The molecule has 2 fully saturated rings. The molecule has 1 aliphatic carbocycles. The van der Waals surface area contributed by atoms with Crippen molar-refractivity contribution < 1.29 is 0 Å². The molecule has 3 rings (SSSR count). The van der Waals surface area contributed by atoms with E-state index in [2.05, 4.69) is 42.3 Å². The molecule has 1 heterocycles. The zero-order valence-corrected chi connectivity index (χ0v) is 13.0. The molecule has 1 aromatic carbocycles. The van der Waals surface area contributed by atoms with Crippen LogP contribution in [0.5, 0.6) is 0 Å². The lowest BCUT2D eigenvalue weighted by Crippen LogP contribution is -2.46. The molecule has 1 saturated carbocycles. The maximum Gasteiger partial charge on any atom is 0.0377 e. The molecule has 0 spiro atoms. The summed E-state index contributed by atoms with van der Waals surface area (Å²) in [5, 5.41) is 3.49. The molecule has 2 aliphatic rings. The fraction of sp³-hybridized carbons (Fsp3) is 0.667. The van der Waals surface area contributed by atoms with E-state index in [1.54, 1.807) is 5.56 Å². The third-order valence-electron chi connectivity index (χ3n) is 4.98. The highest BCUT2D eigenvalue weighted by Crippen LogP contribution is 2.40. The second-order valence-electron chi connectivity index (χ2n) is 6.70. The number of piperazine rings is 1. The summed E-state index contributed by atoms with van der Waals surface area (Å²) in [6.07, 6.45) is 5.69. The molecule has 0 amide bonds. The Hall–Kier alpha value is -0.860. The number of benzene rings is 1. The zero-order chi connectivity index (χ0) is 13.9. The number of hydrogen-bond acceptors (Lipinski definition) is 2. The smallest absolute Gasteiger partial charge is 0.0377 e. The molecule has 0 radical (unpaired) electrons. The van der Waals surface area contributed by atoms with Gasteiger partial charge < -0.3 is 5.32 Å². The number of nitrogens with zero attached hydrogens (tertiary/aromatic N) is 1. The third kappa shape index (κ3) is 3.07. The molecule has 20 heavy (non-hydrogen) atoms. The molecule has 0 bridgehead atoms. The van der Waals surface area contributed by atoms with Crippen LogP contribution in [-0.4, -0.2) is 31.1 Å². The normalized spacial score (nSPS) is 23.1. The highest BCUT2D eigenvalue weighted by molar-refractivity contribution is 5.31. The first-order chi connectivity index (χ1) is 9.74. The standard InChI is InChI=1S/C18H28N2/c1-14-11-15(2)13-17(12-14)18(16-5-3-4-6-16)20-9-7-19-8-10-20/h11-13,16,18-19H,3-10H2,1-2H3/t18-/m0/s1. The van der Waals surface area contributed by atoms with Crippen molar-refractivity contribution in [2.75, 3.05) is 26.2 Å². The maximum atomic E-state index is 3.49. The fourth-order valence-electron chi connectivity index (χ4n) is 4.20. The van der Waals surface area contributed by atoms with Crippen LogP contribution in [0.2, 0.25) is 0 Å². The van der Waals surface area contributed by atoms with Gasteiger partial charge in [-0.25, -0.2) is 0 Å². The Balaban J connectivity index is 1.90. The van der Waals surface area contributed by atoms with Gasteiger partial charge in [-0.05, 0) is 38.2 Å². The van der Waals surface area contributed by atoms with Crippen LogP contribution in [-0.2, 0) is 0 Å². The fourth-order valence-corrected chi connectivity index (χ4v) is 4.20. The largest absolute Gasteiger partial charge is 0.314 e. The average Bonchev–Trinajstić information content (AvgIpc) is 2.93. The van der Waals surface area contributed by atoms with Gasteiger partial charge in [0, 0.05) is 32.2 Å². The van der Waals surface area contributed by atoms with Gasteiger partial charge in [-0.2, -0.15) is 0 Å². The molecule has 110 valence electrons. The lowest BCUT2D eigenvalue weighted by Gasteiger charge is -2.39. The molecule has 1 aromatic rings. The quantitative estimate of drug-likeness (QED) is 0.907. The lowest BCUT2D eigenvalue weighted by atomic mass is 9.88. The summed E-state index contributed by atoms with van der Waals surface area (Å²) in [7, 11) is 0. The number of aryl methyl sites for hydroxylation is 2. The van der Waals surface area contributed by atoms with Gasteiger partial charge in [-0.1, -0.05) is 42.2 Å². The Labute approximate surface area is 123 Å². The van der Waals surface area contributed by atoms with Gasteiger partial charge >= 0.3 is 0 Å². The molecule has 1 aliphatic heterocycles. The molecule has 0 unspecified atom stereocenters.